The molecule has 0 fully saturated rings. The molecule has 5 heteroatoms. The van der Waals surface area contributed by atoms with E-state index in [4.69, 9.17) is 16.3 Å². The van der Waals surface area contributed by atoms with E-state index in [0.29, 0.717) is 17.1 Å². The molecular weight excluding hydrogens is 348 g/mol. The number of benzene rings is 2. The van der Waals surface area contributed by atoms with Crippen LogP contribution in [0.4, 0.5) is 0 Å². The SMILES string of the molecule is O=C(NC[C@@H]1Cc2cccc(-c3ccccn3)c2O1)c1ccc(Cl)cc1. The molecule has 0 saturated carbocycles. The van der Waals surface area contributed by atoms with Crippen LogP contribution in [-0.2, 0) is 6.42 Å². The molecule has 1 atom stereocenters. The van der Waals surface area contributed by atoms with Gasteiger partial charge in [0, 0.05) is 28.8 Å². The molecule has 0 saturated heterocycles. The second-order valence-corrected chi connectivity index (χ2v) is 6.61. The lowest BCUT2D eigenvalue weighted by Gasteiger charge is -2.13. The minimum Gasteiger partial charge on any atom is -0.487 e. The number of aromatic nitrogens is 1. The summed E-state index contributed by atoms with van der Waals surface area (Å²) in [6.45, 7) is 0.442. The fraction of sp³-hybridized carbons (Fsp3) is 0.143. The third-order valence-electron chi connectivity index (χ3n) is 4.37. The lowest BCUT2D eigenvalue weighted by Crippen LogP contribution is -2.34. The highest BCUT2D eigenvalue weighted by atomic mass is 35.5. The summed E-state index contributed by atoms with van der Waals surface area (Å²) in [6, 6.07) is 18.7. The first-order chi connectivity index (χ1) is 12.7. The number of para-hydroxylation sites is 1. The largest absolute Gasteiger partial charge is 0.487 e. The quantitative estimate of drug-likeness (QED) is 0.757. The number of rotatable bonds is 4. The average molecular weight is 365 g/mol. The van der Waals surface area contributed by atoms with E-state index in [9.17, 15) is 4.79 Å². The van der Waals surface area contributed by atoms with Gasteiger partial charge in [0.05, 0.1) is 12.2 Å². The highest BCUT2D eigenvalue weighted by molar-refractivity contribution is 6.30. The van der Waals surface area contributed by atoms with Gasteiger partial charge in [-0.2, -0.15) is 0 Å². The molecule has 130 valence electrons. The molecule has 0 aliphatic carbocycles. The number of pyridine rings is 1. The van der Waals surface area contributed by atoms with Crippen LogP contribution in [0, 0.1) is 0 Å². The third-order valence-corrected chi connectivity index (χ3v) is 4.62. The Morgan fingerprint density at radius 1 is 1.12 bits per heavy atom. The Hall–Kier alpha value is -2.85. The Kier molecular flexibility index (Phi) is 4.59. The molecule has 26 heavy (non-hydrogen) atoms. The molecule has 0 unspecified atom stereocenters. The van der Waals surface area contributed by atoms with E-state index >= 15 is 0 Å². The highest BCUT2D eigenvalue weighted by Crippen LogP contribution is 2.37. The Balaban J connectivity index is 1.44. The van der Waals surface area contributed by atoms with E-state index in [2.05, 4.69) is 16.4 Å². The maximum Gasteiger partial charge on any atom is 0.251 e. The minimum atomic E-state index is -0.133. The normalized spacial score (nSPS) is 15.2. The fourth-order valence-electron chi connectivity index (χ4n) is 3.09. The first-order valence-corrected chi connectivity index (χ1v) is 8.82. The summed E-state index contributed by atoms with van der Waals surface area (Å²) in [4.78, 5) is 16.7. The van der Waals surface area contributed by atoms with Crippen LogP contribution in [-0.4, -0.2) is 23.5 Å². The number of ether oxygens (including phenoxy) is 1. The van der Waals surface area contributed by atoms with Crippen LogP contribution >= 0.6 is 11.6 Å². The van der Waals surface area contributed by atoms with Gasteiger partial charge in [0.1, 0.15) is 11.9 Å². The molecule has 1 amide bonds. The molecule has 1 aliphatic rings. The average Bonchev–Trinajstić information content (AvgIpc) is 3.10. The van der Waals surface area contributed by atoms with Crippen molar-refractivity contribution in [1.82, 2.24) is 10.3 Å². The van der Waals surface area contributed by atoms with Gasteiger partial charge >= 0.3 is 0 Å². The van der Waals surface area contributed by atoms with Gasteiger partial charge in [-0.3, -0.25) is 9.78 Å². The van der Waals surface area contributed by atoms with Crippen molar-refractivity contribution in [2.45, 2.75) is 12.5 Å². The molecule has 1 aliphatic heterocycles. The second kappa shape index (κ2) is 7.18. The number of hydrogen-bond donors (Lipinski definition) is 1. The van der Waals surface area contributed by atoms with Crippen LogP contribution in [0.5, 0.6) is 5.75 Å². The zero-order valence-electron chi connectivity index (χ0n) is 14.0. The maximum atomic E-state index is 12.3. The fourth-order valence-corrected chi connectivity index (χ4v) is 3.21. The number of halogens is 1. The van der Waals surface area contributed by atoms with Crippen molar-refractivity contribution in [3.05, 3.63) is 83.0 Å². The maximum absolute atomic E-state index is 12.3. The molecule has 0 radical (unpaired) electrons. The zero-order chi connectivity index (χ0) is 17.9. The van der Waals surface area contributed by atoms with E-state index in [0.717, 1.165) is 29.0 Å². The van der Waals surface area contributed by atoms with Gasteiger partial charge in [-0.05, 0) is 48.0 Å². The zero-order valence-corrected chi connectivity index (χ0v) is 14.7. The van der Waals surface area contributed by atoms with Crippen LogP contribution in [0.1, 0.15) is 15.9 Å². The van der Waals surface area contributed by atoms with Crippen molar-refractivity contribution in [3.63, 3.8) is 0 Å². The van der Waals surface area contributed by atoms with Crippen LogP contribution < -0.4 is 10.1 Å². The van der Waals surface area contributed by atoms with E-state index in [1.807, 2.05) is 30.3 Å². The second-order valence-electron chi connectivity index (χ2n) is 6.17. The van der Waals surface area contributed by atoms with Gasteiger partial charge in [-0.25, -0.2) is 0 Å². The predicted molar refractivity (Wildman–Crippen MR) is 102 cm³/mol. The summed E-state index contributed by atoms with van der Waals surface area (Å²) in [6.07, 6.45) is 2.44. The number of nitrogens with zero attached hydrogens (tertiary/aromatic N) is 1. The minimum absolute atomic E-state index is 0.0916. The van der Waals surface area contributed by atoms with Crippen LogP contribution in [0.15, 0.2) is 66.9 Å². The third kappa shape index (κ3) is 3.41. The first kappa shape index (κ1) is 16.6. The lowest BCUT2D eigenvalue weighted by molar-refractivity contribution is 0.0933. The van der Waals surface area contributed by atoms with Crippen molar-refractivity contribution in [3.8, 4) is 17.0 Å². The number of carbonyl (C=O) groups is 1. The van der Waals surface area contributed by atoms with Crippen LogP contribution in [0.2, 0.25) is 5.02 Å². The molecular formula is C21H17ClN2O2. The molecule has 4 rings (SSSR count). The number of hydrogen-bond acceptors (Lipinski definition) is 3. The molecule has 2 heterocycles. The van der Waals surface area contributed by atoms with Gasteiger partial charge in [0.25, 0.3) is 5.91 Å². The number of carbonyl (C=O) groups excluding carboxylic acids is 1. The van der Waals surface area contributed by atoms with Gasteiger partial charge in [-0.1, -0.05) is 29.8 Å². The molecule has 1 aromatic heterocycles. The van der Waals surface area contributed by atoms with Gasteiger partial charge in [0.2, 0.25) is 0 Å². The number of amides is 1. The topological polar surface area (TPSA) is 51.2 Å². The van der Waals surface area contributed by atoms with Crippen molar-refractivity contribution >= 4 is 17.5 Å². The molecule has 0 bridgehead atoms. The Morgan fingerprint density at radius 3 is 2.73 bits per heavy atom. The molecule has 3 aromatic rings. The summed E-state index contributed by atoms with van der Waals surface area (Å²) in [5.41, 5.74) is 3.59. The van der Waals surface area contributed by atoms with E-state index in [1.165, 1.54) is 0 Å². The molecule has 0 spiro atoms. The summed E-state index contributed by atoms with van der Waals surface area (Å²) in [5, 5.41) is 3.54. The van der Waals surface area contributed by atoms with Crippen molar-refractivity contribution < 1.29 is 9.53 Å². The van der Waals surface area contributed by atoms with E-state index in [1.54, 1.807) is 30.5 Å². The Bertz CT molecular complexity index is 927. The molecule has 1 N–H and O–H groups in total. The van der Waals surface area contributed by atoms with Gasteiger partial charge in [0.15, 0.2) is 0 Å². The monoisotopic (exact) mass is 364 g/mol. The standard InChI is InChI=1S/C21H17ClN2O2/c22-16-9-7-14(8-10-16)21(25)24-13-17-12-15-4-3-5-18(20(15)26-17)19-6-1-2-11-23-19/h1-11,17H,12-13H2,(H,24,25)/t17-/m0/s1. The highest BCUT2D eigenvalue weighted by Gasteiger charge is 2.26. The number of fused-ring (bicyclic) bond motifs is 1. The van der Waals surface area contributed by atoms with E-state index in [-0.39, 0.29) is 12.0 Å². The summed E-state index contributed by atoms with van der Waals surface area (Å²) in [7, 11) is 0. The van der Waals surface area contributed by atoms with E-state index < -0.39 is 0 Å². The molecule has 2 aromatic carbocycles. The van der Waals surface area contributed by atoms with Crippen molar-refractivity contribution in [2.24, 2.45) is 0 Å². The lowest BCUT2D eigenvalue weighted by atomic mass is 10.0. The Morgan fingerprint density at radius 2 is 1.96 bits per heavy atom. The van der Waals surface area contributed by atoms with Gasteiger partial charge < -0.3 is 10.1 Å². The summed E-state index contributed by atoms with van der Waals surface area (Å²) >= 11 is 5.86. The first-order valence-electron chi connectivity index (χ1n) is 8.44. The van der Waals surface area contributed by atoms with Crippen molar-refractivity contribution in [1.29, 1.82) is 0 Å². The number of nitrogens with one attached hydrogen (secondary N) is 1. The smallest absolute Gasteiger partial charge is 0.251 e. The summed E-state index contributed by atoms with van der Waals surface area (Å²) in [5.74, 6) is 0.725. The van der Waals surface area contributed by atoms with Crippen molar-refractivity contribution in [2.75, 3.05) is 6.54 Å². The Labute approximate surface area is 156 Å². The van der Waals surface area contributed by atoms with Crippen LogP contribution in [0.25, 0.3) is 11.3 Å². The van der Waals surface area contributed by atoms with Gasteiger partial charge in [-0.15, -0.1) is 0 Å². The predicted octanol–water partition coefficient (Wildman–Crippen LogP) is 4.14. The molecule has 4 nitrogen and oxygen atoms in total. The summed E-state index contributed by atoms with van der Waals surface area (Å²) < 4.78 is 6.12. The van der Waals surface area contributed by atoms with Crippen LogP contribution in [0.3, 0.4) is 0 Å².